The molecular weight excluding hydrogens is 214 g/mol. The normalized spacial score (nSPS) is 15.2. The summed E-state index contributed by atoms with van der Waals surface area (Å²) < 4.78 is 0. The predicted molar refractivity (Wildman–Crippen MR) is 68.4 cm³/mol. The number of hydrogen-bond donors (Lipinski definition) is 1. The van der Waals surface area contributed by atoms with Gasteiger partial charge in [-0.25, -0.2) is 4.98 Å². The molecule has 2 rings (SSSR count). The Kier molecular flexibility index (Phi) is 3.31. The highest BCUT2D eigenvalue weighted by Gasteiger charge is 2.22. The summed E-state index contributed by atoms with van der Waals surface area (Å²) in [5.74, 6) is 1.26. The van der Waals surface area contributed by atoms with Gasteiger partial charge in [0, 0.05) is 27.3 Å². The topological polar surface area (TPSA) is 45.2 Å². The van der Waals surface area contributed by atoms with E-state index in [9.17, 15) is 4.79 Å². The molecule has 1 aliphatic carbocycles. The fourth-order valence-electron chi connectivity index (χ4n) is 2.05. The van der Waals surface area contributed by atoms with E-state index in [1.165, 1.54) is 24.8 Å². The van der Waals surface area contributed by atoms with Crippen LogP contribution in [0.4, 0.5) is 5.82 Å². The van der Waals surface area contributed by atoms with Gasteiger partial charge in [0.15, 0.2) is 0 Å². The first kappa shape index (κ1) is 11.9. The van der Waals surface area contributed by atoms with E-state index in [1.54, 1.807) is 26.0 Å². The maximum atomic E-state index is 12.1. The monoisotopic (exact) mass is 233 g/mol. The van der Waals surface area contributed by atoms with Gasteiger partial charge in [0.25, 0.3) is 5.91 Å². The quantitative estimate of drug-likeness (QED) is 0.869. The molecule has 1 aliphatic rings. The molecule has 0 bridgehead atoms. The van der Waals surface area contributed by atoms with Crippen LogP contribution in [0.5, 0.6) is 0 Å². The minimum Gasteiger partial charge on any atom is -0.372 e. The number of hydrogen-bond acceptors (Lipinski definition) is 3. The van der Waals surface area contributed by atoms with E-state index < -0.39 is 0 Å². The van der Waals surface area contributed by atoms with Crippen LogP contribution in [0.1, 0.15) is 41.1 Å². The fraction of sp³-hybridized carbons (Fsp3) is 0.538. The Hall–Kier alpha value is -1.58. The molecule has 4 heteroatoms. The fourth-order valence-corrected chi connectivity index (χ4v) is 2.05. The first-order valence-electron chi connectivity index (χ1n) is 6.03. The molecule has 1 N–H and O–H groups in total. The van der Waals surface area contributed by atoms with Gasteiger partial charge in [-0.05, 0) is 30.4 Å². The number of aromatic nitrogens is 1. The highest BCUT2D eigenvalue weighted by atomic mass is 16.2. The standard InChI is InChI=1S/C13H19N3O/c1-14-12-11(13(17)16(2)3)7-10(8-15-12)9-5-4-6-9/h7-9H,4-6H2,1-3H3,(H,14,15). The van der Waals surface area contributed by atoms with Gasteiger partial charge in [0.2, 0.25) is 0 Å². The minimum atomic E-state index is 0.00280. The van der Waals surface area contributed by atoms with Crippen LogP contribution in [-0.4, -0.2) is 36.9 Å². The molecule has 1 heterocycles. The van der Waals surface area contributed by atoms with Crippen molar-refractivity contribution in [3.05, 3.63) is 23.4 Å². The van der Waals surface area contributed by atoms with Crippen LogP contribution in [0.15, 0.2) is 12.3 Å². The Morgan fingerprint density at radius 3 is 2.65 bits per heavy atom. The predicted octanol–water partition coefficient (Wildman–Crippen LogP) is 2.09. The smallest absolute Gasteiger partial charge is 0.257 e. The van der Waals surface area contributed by atoms with Gasteiger partial charge >= 0.3 is 0 Å². The summed E-state index contributed by atoms with van der Waals surface area (Å²) >= 11 is 0. The summed E-state index contributed by atoms with van der Waals surface area (Å²) in [6.07, 6.45) is 5.61. The zero-order valence-corrected chi connectivity index (χ0v) is 10.7. The molecule has 0 aliphatic heterocycles. The number of rotatable bonds is 3. The second-order valence-electron chi connectivity index (χ2n) is 4.74. The molecular formula is C13H19N3O. The number of anilines is 1. The van der Waals surface area contributed by atoms with E-state index >= 15 is 0 Å². The van der Waals surface area contributed by atoms with Crippen molar-refractivity contribution in [1.82, 2.24) is 9.88 Å². The Balaban J connectivity index is 2.35. The Bertz CT molecular complexity index is 425. The van der Waals surface area contributed by atoms with Gasteiger partial charge < -0.3 is 10.2 Å². The van der Waals surface area contributed by atoms with E-state index in [2.05, 4.69) is 10.3 Å². The Morgan fingerprint density at radius 2 is 2.18 bits per heavy atom. The summed E-state index contributed by atoms with van der Waals surface area (Å²) in [5.41, 5.74) is 1.86. The van der Waals surface area contributed by atoms with Gasteiger partial charge in [-0.2, -0.15) is 0 Å². The van der Waals surface area contributed by atoms with Crippen molar-refractivity contribution >= 4 is 11.7 Å². The molecule has 0 aromatic carbocycles. The lowest BCUT2D eigenvalue weighted by molar-refractivity contribution is 0.0828. The van der Waals surface area contributed by atoms with Gasteiger partial charge in [0.05, 0.1) is 5.56 Å². The third kappa shape index (κ3) is 2.25. The molecule has 0 atom stereocenters. The van der Waals surface area contributed by atoms with Crippen molar-refractivity contribution in [2.24, 2.45) is 0 Å². The van der Waals surface area contributed by atoms with Crippen LogP contribution >= 0.6 is 0 Å². The number of nitrogens with zero attached hydrogens (tertiary/aromatic N) is 2. The largest absolute Gasteiger partial charge is 0.372 e. The molecule has 0 spiro atoms. The van der Waals surface area contributed by atoms with Crippen molar-refractivity contribution in [2.75, 3.05) is 26.5 Å². The molecule has 1 amide bonds. The molecule has 1 aromatic heterocycles. The van der Waals surface area contributed by atoms with E-state index in [4.69, 9.17) is 0 Å². The average Bonchev–Trinajstić information content (AvgIpc) is 2.25. The first-order valence-corrected chi connectivity index (χ1v) is 6.03. The van der Waals surface area contributed by atoms with Crippen LogP contribution in [-0.2, 0) is 0 Å². The second-order valence-corrected chi connectivity index (χ2v) is 4.74. The third-order valence-electron chi connectivity index (χ3n) is 3.36. The van der Waals surface area contributed by atoms with Crippen LogP contribution in [0, 0.1) is 0 Å². The summed E-state index contributed by atoms with van der Waals surface area (Å²) in [6, 6.07) is 1.99. The lowest BCUT2D eigenvalue weighted by Gasteiger charge is -2.26. The SMILES string of the molecule is CNc1ncc(C2CCC2)cc1C(=O)N(C)C. The minimum absolute atomic E-state index is 0.00280. The molecule has 0 unspecified atom stereocenters. The van der Waals surface area contributed by atoms with Crippen LogP contribution < -0.4 is 5.32 Å². The lowest BCUT2D eigenvalue weighted by atomic mass is 9.80. The molecule has 17 heavy (non-hydrogen) atoms. The molecule has 0 saturated heterocycles. The molecule has 1 aromatic rings. The lowest BCUT2D eigenvalue weighted by Crippen LogP contribution is -2.23. The first-order chi connectivity index (χ1) is 8.13. The van der Waals surface area contributed by atoms with Gasteiger partial charge in [-0.3, -0.25) is 4.79 Å². The maximum Gasteiger partial charge on any atom is 0.257 e. The molecule has 0 radical (unpaired) electrons. The van der Waals surface area contributed by atoms with Crippen molar-refractivity contribution in [3.63, 3.8) is 0 Å². The maximum absolute atomic E-state index is 12.1. The Morgan fingerprint density at radius 1 is 1.47 bits per heavy atom. The van der Waals surface area contributed by atoms with Gasteiger partial charge in [-0.15, -0.1) is 0 Å². The van der Waals surface area contributed by atoms with Gasteiger partial charge in [-0.1, -0.05) is 6.42 Å². The number of amides is 1. The number of carbonyl (C=O) groups is 1. The number of pyridine rings is 1. The molecule has 4 nitrogen and oxygen atoms in total. The van der Waals surface area contributed by atoms with Gasteiger partial charge in [0.1, 0.15) is 5.82 Å². The van der Waals surface area contributed by atoms with E-state index in [0.29, 0.717) is 17.3 Å². The molecule has 92 valence electrons. The zero-order valence-electron chi connectivity index (χ0n) is 10.7. The third-order valence-corrected chi connectivity index (χ3v) is 3.36. The van der Waals surface area contributed by atoms with Crippen molar-refractivity contribution in [1.29, 1.82) is 0 Å². The Labute approximate surface area is 102 Å². The number of carbonyl (C=O) groups excluding carboxylic acids is 1. The van der Waals surface area contributed by atoms with Crippen LogP contribution in [0.3, 0.4) is 0 Å². The van der Waals surface area contributed by atoms with Crippen molar-refractivity contribution < 1.29 is 4.79 Å². The highest BCUT2D eigenvalue weighted by Crippen LogP contribution is 2.36. The van der Waals surface area contributed by atoms with E-state index in [0.717, 1.165) is 0 Å². The van der Waals surface area contributed by atoms with E-state index in [-0.39, 0.29) is 5.91 Å². The van der Waals surface area contributed by atoms with E-state index in [1.807, 2.05) is 12.3 Å². The zero-order chi connectivity index (χ0) is 12.4. The summed E-state index contributed by atoms with van der Waals surface area (Å²) in [7, 11) is 5.31. The summed E-state index contributed by atoms with van der Waals surface area (Å²) in [5, 5.41) is 2.97. The van der Waals surface area contributed by atoms with Crippen molar-refractivity contribution in [2.45, 2.75) is 25.2 Å². The average molecular weight is 233 g/mol. The second kappa shape index (κ2) is 4.73. The highest BCUT2D eigenvalue weighted by molar-refractivity contribution is 5.98. The summed E-state index contributed by atoms with van der Waals surface area (Å²) in [4.78, 5) is 18.0. The molecule has 1 fully saturated rings. The molecule has 1 saturated carbocycles. The van der Waals surface area contributed by atoms with Crippen molar-refractivity contribution in [3.8, 4) is 0 Å². The van der Waals surface area contributed by atoms with Crippen LogP contribution in [0.2, 0.25) is 0 Å². The number of nitrogens with one attached hydrogen (secondary N) is 1. The van der Waals surface area contributed by atoms with Crippen LogP contribution in [0.25, 0.3) is 0 Å². The summed E-state index contributed by atoms with van der Waals surface area (Å²) in [6.45, 7) is 0.